The molecule has 1 aliphatic heterocycles. The van der Waals surface area contributed by atoms with Crippen LogP contribution in [-0.4, -0.2) is 41.0 Å². The van der Waals surface area contributed by atoms with Gasteiger partial charge in [0.25, 0.3) is 0 Å². The van der Waals surface area contributed by atoms with E-state index in [1.165, 1.54) is 12.3 Å². The van der Waals surface area contributed by atoms with E-state index in [9.17, 15) is 14.7 Å². The Morgan fingerprint density at radius 3 is 2.77 bits per heavy atom. The molecule has 0 unspecified atom stereocenters. The van der Waals surface area contributed by atoms with Crippen molar-refractivity contribution in [2.45, 2.75) is 31.2 Å². The maximum Gasteiger partial charge on any atom is 0.407 e. The molecule has 2 heterocycles. The van der Waals surface area contributed by atoms with E-state index < -0.39 is 18.3 Å². The SMILES string of the molecule is O=C(NCc1cc[nH]c(=O)c1)O[C@@H]1[C@@H](O)CN[C@@H]1Cc1ccc(Cl)cc1. The van der Waals surface area contributed by atoms with Gasteiger partial charge in [-0.3, -0.25) is 4.79 Å². The number of ether oxygens (including phenoxy) is 1. The highest BCUT2D eigenvalue weighted by molar-refractivity contribution is 6.30. The molecule has 2 aromatic rings. The van der Waals surface area contributed by atoms with Crippen LogP contribution < -0.4 is 16.2 Å². The zero-order valence-electron chi connectivity index (χ0n) is 13.9. The van der Waals surface area contributed by atoms with Crippen LogP contribution in [0.25, 0.3) is 0 Å². The average Bonchev–Trinajstić information content (AvgIpc) is 2.95. The molecule has 1 fully saturated rings. The van der Waals surface area contributed by atoms with Gasteiger partial charge >= 0.3 is 6.09 Å². The lowest BCUT2D eigenvalue weighted by atomic mass is 10.0. The molecule has 3 atom stereocenters. The van der Waals surface area contributed by atoms with Crippen molar-refractivity contribution < 1.29 is 14.6 Å². The summed E-state index contributed by atoms with van der Waals surface area (Å²) in [7, 11) is 0. The number of aromatic nitrogens is 1. The first kappa shape index (κ1) is 18.4. The van der Waals surface area contributed by atoms with Crippen molar-refractivity contribution in [3.63, 3.8) is 0 Å². The molecule has 1 aliphatic rings. The van der Waals surface area contributed by atoms with Crippen molar-refractivity contribution in [2.75, 3.05) is 6.54 Å². The van der Waals surface area contributed by atoms with Gasteiger partial charge in [0.05, 0.1) is 6.04 Å². The fraction of sp³-hybridized carbons (Fsp3) is 0.333. The second kappa shape index (κ2) is 8.35. The quantitative estimate of drug-likeness (QED) is 0.627. The lowest BCUT2D eigenvalue weighted by molar-refractivity contribution is 0.0188. The summed E-state index contributed by atoms with van der Waals surface area (Å²) in [5, 5.41) is 16.5. The van der Waals surface area contributed by atoms with Gasteiger partial charge in [0.15, 0.2) is 0 Å². The molecule has 0 spiro atoms. The topological polar surface area (TPSA) is 103 Å². The second-order valence-electron chi connectivity index (χ2n) is 6.20. The molecular weight excluding hydrogens is 358 g/mol. The van der Waals surface area contributed by atoms with Crippen molar-refractivity contribution >= 4 is 17.7 Å². The Balaban J connectivity index is 1.56. The van der Waals surface area contributed by atoms with Gasteiger partial charge in [-0.05, 0) is 35.7 Å². The third kappa shape index (κ3) is 4.85. The van der Waals surface area contributed by atoms with Crippen LogP contribution >= 0.6 is 11.6 Å². The number of halogens is 1. The monoisotopic (exact) mass is 377 g/mol. The number of amides is 1. The first-order chi connectivity index (χ1) is 12.5. The summed E-state index contributed by atoms with van der Waals surface area (Å²) in [6.45, 7) is 0.519. The van der Waals surface area contributed by atoms with Gasteiger partial charge in [-0.15, -0.1) is 0 Å². The molecular formula is C18H20ClN3O4. The predicted octanol–water partition coefficient (Wildman–Crippen LogP) is 1.20. The van der Waals surface area contributed by atoms with E-state index in [1.807, 2.05) is 12.1 Å². The Hall–Kier alpha value is -2.35. The zero-order chi connectivity index (χ0) is 18.5. The van der Waals surface area contributed by atoms with Crippen LogP contribution in [0.4, 0.5) is 4.79 Å². The van der Waals surface area contributed by atoms with Gasteiger partial charge < -0.3 is 25.5 Å². The van der Waals surface area contributed by atoms with Crippen LogP contribution in [0.2, 0.25) is 5.02 Å². The van der Waals surface area contributed by atoms with Crippen molar-refractivity contribution in [2.24, 2.45) is 0 Å². The number of benzene rings is 1. The summed E-state index contributed by atoms with van der Waals surface area (Å²) in [4.78, 5) is 25.8. The van der Waals surface area contributed by atoms with Gasteiger partial charge in [-0.25, -0.2) is 4.79 Å². The van der Waals surface area contributed by atoms with E-state index in [0.717, 1.165) is 5.56 Å². The summed E-state index contributed by atoms with van der Waals surface area (Å²) in [5.74, 6) is 0. The molecule has 1 aromatic heterocycles. The summed E-state index contributed by atoms with van der Waals surface area (Å²) >= 11 is 5.89. The number of aromatic amines is 1. The van der Waals surface area contributed by atoms with Gasteiger partial charge in [-0.2, -0.15) is 0 Å². The third-order valence-electron chi connectivity index (χ3n) is 4.25. The first-order valence-corrected chi connectivity index (χ1v) is 8.67. The van der Waals surface area contributed by atoms with E-state index in [4.69, 9.17) is 16.3 Å². The molecule has 4 N–H and O–H groups in total. The largest absolute Gasteiger partial charge is 0.442 e. The third-order valence-corrected chi connectivity index (χ3v) is 4.51. The number of aliphatic hydroxyl groups is 1. The number of pyridine rings is 1. The normalized spacial score (nSPS) is 22.2. The van der Waals surface area contributed by atoms with Crippen LogP contribution in [-0.2, 0) is 17.7 Å². The number of H-pyrrole nitrogens is 1. The van der Waals surface area contributed by atoms with Crippen LogP contribution in [0.15, 0.2) is 47.4 Å². The number of hydrogen-bond acceptors (Lipinski definition) is 5. The number of β-amino-alcohol motifs (C(OH)–C–C–N with tert-alkyl or cyclic N) is 1. The highest BCUT2D eigenvalue weighted by Gasteiger charge is 2.37. The van der Waals surface area contributed by atoms with Crippen LogP contribution in [0.3, 0.4) is 0 Å². The van der Waals surface area contributed by atoms with Crippen molar-refractivity contribution in [3.8, 4) is 0 Å². The van der Waals surface area contributed by atoms with Crippen molar-refractivity contribution in [1.82, 2.24) is 15.6 Å². The summed E-state index contributed by atoms with van der Waals surface area (Å²) < 4.78 is 5.41. The number of nitrogens with one attached hydrogen (secondary N) is 3. The molecule has 7 nitrogen and oxygen atoms in total. The predicted molar refractivity (Wildman–Crippen MR) is 97.1 cm³/mol. The summed E-state index contributed by atoms with van der Waals surface area (Å²) in [6.07, 6.45) is 0.0270. The molecule has 0 radical (unpaired) electrons. The van der Waals surface area contributed by atoms with Crippen LogP contribution in [0.5, 0.6) is 0 Å². The molecule has 1 amide bonds. The molecule has 0 bridgehead atoms. The van der Waals surface area contributed by atoms with Crippen molar-refractivity contribution in [3.05, 3.63) is 69.1 Å². The van der Waals surface area contributed by atoms with Crippen molar-refractivity contribution in [1.29, 1.82) is 0 Å². The van der Waals surface area contributed by atoms with Gasteiger partial charge in [-0.1, -0.05) is 23.7 Å². The molecule has 0 saturated carbocycles. The number of carbonyl (C=O) groups is 1. The van der Waals surface area contributed by atoms with Gasteiger partial charge in [0.1, 0.15) is 12.2 Å². The Bertz CT molecular complexity index is 809. The maximum atomic E-state index is 12.1. The maximum absolute atomic E-state index is 12.1. The molecule has 138 valence electrons. The molecule has 1 saturated heterocycles. The van der Waals surface area contributed by atoms with E-state index in [2.05, 4.69) is 15.6 Å². The number of alkyl carbamates (subject to hydrolysis) is 1. The number of rotatable bonds is 5. The lowest BCUT2D eigenvalue weighted by Crippen LogP contribution is -2.41. The Morgan fingerprint density at radius 2 is 2.04 bits per heavy atom. The molecule has 26 heavy (non-hydrogen) atoms. The minimum atomic E-state index is -0.780. The summed E-state index contributed by atoms with van der Waals surface area (Å²) in [5.41, 5.74) is 1.45. The molecule has 8 heteroatoms. The van der Waals surface area contributed by atoms with Crippen LogP contribution in [0.1, 0.15) is 11.1 Å². The highest BCUT2D eigenvalue weighted by Crippen LogP contribution is 2.18. The van der Waals surface area contributed by atoms with Gasteiger partial charge in [0.2, 0.25) is 5.56 Å². The Labute approximate surface area is 155 Å². The highest BCUT2D eigenvalue weighted by atomic mass is 35.5. The Morgan fingerprint density at radius 1 is 1.27 bits per heavy atom. The molecule has 1 aromatic carbocycles. The average molecular weight is 378 g/mol. The Kier molecular flexibility index (Phi) is 5.92. The lowest BCUT2D eigenvalue weighted by Gasteiger charge is -2.22. The van der Waals surface area contributed by atoms with E-state index in [-0.39, 0.29) is 18.1 Å². The molecule has 3 rings (SSSR count). The number of carbonyl (C=O) groups excluding carboxylic acids is 1. The second-order valence-corrected chi connectivity index (χ2v) is 6.63. The number of aliphatic hydroxyl groups excluding tert-OH is 1. The van der Waals surface area contributed by atoms with Crippen LogP contribution in [0, 0.1) is 0 Å². The fourth-order valence-corrected chi connectivity index (χ4v) is 3.06. The number of hydrogen-bond donors (Lipinski definition) is 4. The minimum Gasteiger partial charge on any atom is -0.442 e. The smallest absolute Gasteiger partial charge is 0.407 e. The minimum absolute atomic E-state index is 0.168. The van der Waals surface area contributed by atoms with E-state index in [1.54, 1.807) is 18.2 Å². The van der Waals surface area contributed by atoms with E-state index in [0.29, 0.717) is 23.6 Å². The standard InChI is InChI=1S/C18H20ClN3O4/c19-13-3-1-11(2-4-13)7-14-17(15(23)10-21-14)26-18(25)22-9-12-5-6-20-16(24)8-12/h1-6,8,14-15,17,21,23H,7,9-10H2,(H,20,24)(H,22,25)/t14-,15+,17+/m1/s1. The summed E-state index contributed by atoms with van der Waals surface area (Å²) in [6, 6.07) is 10.3. The first-order valence-electron chi connectivity index (χ1n) is 8.29. The molecule has 0 aliphatic carbocycles. The van der Waals surface area contributed by atoms with E-state index >= 15 is 0 Å². The van der Waals surface area contributed by atoms with Gasteiger partial charge in [0, 0.05) is 30.4 Å². The zero-order valence-corrected chi connectivity index (χ0v) is 14.7. The fourth-order valence-electron chi connectivity index (χ4n) is 2.93.